The van der Waals surface area contributed by atoms with E-state index in [-0.39, 0.29) is 0 Å². The molecule has 0 spiro atoms. The Bertz CT molecular complexity index is 337. The fourth-order valence-electron chi connectivity index (χ4n) is 2.42. The second-order valence-corrected chi connectivity index (χ2v) is 4.67. The molecule has 1 fully saturated rings. The van der Waals surface area contributed by atoms with Crippen molar-refractivity contribution in [3.8, 4) is 11.5 Å². The second-order valence-electron chi connectivity index (χ2n) is 4.67. The van der Waals surface area contributed by atoms with Gasteiger partial charge in [0, 0.05) is 6.04 Å². The summed E-state index contributed by atoms with van der Waals surface area (Å²) >= 11 is 0. The van der Waals surface area contributed by atoms with E-state index >= 15 is 0 Å². The van der Waals surface area contributed by atoms with Gasteiger partial charge in [-0.1, -0.05) is 6.42 Å². The lowest BCUT2D eigenvalue weighted by Crippen LogP contribution is -2.25. The minimum atomic E-state index is 0.384. The molecule has 2 unspecified atom stereocenters. The fourth-order valence-corrected chi connectivity index (χ4v) is 2.42. The summed E-state index contributed by atoms with van der Waals surface area (Å²) in [6.45, 7) is 0.755. The first-order valence-electron chi connectivity index (χ1n) is 6.32. The zero-order valence-electron chi connectivity index (χ0n) is 10.4. The molecule has 94 valence electrons. The van der Waals surface area contributed by atoms with Crippen LogP contribution in [0.15, 0.2) is 24.3 Å². The molecular formula is C14H21NO2. The summed E-state index contributed by atoms with van der Waals surface area (Å²) in [7, 11) is 1.66. The molecule has 0 amide bonds. The molecule has 2 rings (SSSR count). The summed E-state index contributed by atoms with van der Waals surface area (Å²) < 4.78 is 10.8. The van der Waals surface area contributed by atoms with Crippen LogP contribution in [0.2, 0.25) is 0 Å². The zero-order chi connectivity index (χ0) is 12.1. The van der Waals surface area contributed by atoms with Gasteiger partial charge in [-0.05, 0) is 49.4 Å². The van der Waals surface area contributed by atoms with E-state index in [1.54, 1.807) is 7.11 Å². The molecule has 2 atom stereocenters. The van der Waals surface area contributed by atoms with Gasteiger partial charge in [0.1, 0.15) is 11.5 Å². The smallest absolute Gasteiger partial charge is 0.119 e. The molecule has 0 aromatic heterocycles. The predicted molar refractivity (Wildman–Crippen MR) is 68.4 cm³/mol. The van der Waals surface area contributed by atoms with Crippen molar-refractivity contribution in [1.29, 1.82) is 0 Å². The standard InChI is InChI=1S/C14H21NO2/c1-16-12-5-7-13(8-6-12)17-10-9-11-3-2-4-14(11)15/h5-8,11,14H,2-4,9-10,15H2,1H3. The van der Waals surface area contributed by atoms with E-state index in [4.69, 9.17) is 15.2 Å². The lowest BCUT2D eigenvalue weighted by molar-refractivity contribution is 0.270. The fraction of sp³-hybridized carbons (Fsp3) is 0.571. The van der Waals surface area contributed by atoms with Gasteiger partial charge in [-0.25, -0.2) is 0 Å². The zero-order valence-corrected chi connectivity index (χ0v) is 10.4. The van der Waals surface area contributed by atoms with Crippen LogP contribution >= 0.6 is 0 Å². The highest BCUT2D eigenvalue weighted by Gasteiger charge is 2.23. The predicted octanol–water partition coefficient (Wildman–Crippen LogP) is 2.59. The molecule has 1 aliphatic rings. The highest BCUT2D eigenvalue weighted by atomic mass is 16.5. The van der Waals surface area contributed by atoms with Crippen molar-refractivity contribution in [1.82, 2.24) is 0 Å². The minimum Gasteiger partial charge on any atom is -0.497 e. The molecule has 0 saturated heterocycles. The van der Waals surface area contributed by atoms with Gasteiger partial charge in [-0.15, -0.1) is 0 Å². The van der Waals surface area contributed by atoms with Crippen molar-refractivity contribution in [2.24, 2.45) is 11.7 Å². The highest BCUT2D eigenvalue weighted by molar-refractivity contribution is 5.31. The van der Waals surface area contributed by atoms with Gasteiger partial charge in [0.15, 0.2) is 0 Å². The number of methoxy groups -OCH3 is 1. The van der Waals surface area contributed by atoms with Crippen LogP contribution in [0.5, 0.6) is 11.5 Å². The Morgan fingerprint density at radius 3 is 2.47 bits per heavy atom. The molecule has 0 bridgehead atoms. The van der Waals surface area contributed by atoms with E-state index < -0.39 is 0 Å². The maximum absolute atomic E-state index is 6.02. The van der Waals surface area contributed by atoms with Crippen LogP contribution in [0.25, 0.3) is 0 Å². The Morgan fingerprint density at radius 1 is 1.18 bits per heavy atom. The first-order valence-corrected chi connectivity index (χ1v) is 6.32. The number of hydrogen-bond acceptors (Lipinski definition) is 3. The van der Waals surface area contributed by atoms with Crippen LogP contribution in [0, 0.1) is 5.92 Å². The summed E-state index contributed by atoms with van der Waals surface area (Å²) in [6, 6.07) is 8.09. The van der Waals surface area contributed by atoms with Crippen molar-refractivity contribution in [2.45, 2.75) is 31.7 Å². The van der Waals surface area contributed by atoms with Gasteiger partial charge >= 0.3 is 0 Å². The van der Waals surface area contributed by atoms with Crippen LogP contribution in [-0.2, 0) is 0 Å². The highest BCUT2D eigenvalue weighted by Crippen LogP contribution is 2.27. The average Bonchev–Trinajstić information content (AvgIpc) is 2.76. The van der Waals surface area contributed by atoms with E-state index in [9.17, 15) is 0 Å². The molecule has 2 N–H and O–H groups in total. The third kappa shape index (κ3) is 3.37. The van der Waals surface area contributed by atoms with E-state index in [0.29, 0.717) is 12.0 Å². The number of ether oxygens (including phenoxy) is 2. The Hall–Kier alpha value is -1.22. The largest absolute Gasteiger partial charge is 0.497 e. The summed E-state index contributed by atoms with van der Waals surface area (Å²) in [5.41, 5.74) is 6.02. The molecule has 1 aliphatic carbocycles. The van der Waals surface area contributed by atoms with Crippen molar-refractivity contribution in [3.63, 3.8) is 0 Å². The van der Waals surface area contributed by atoms with E-state index in [2.05, 4.69) is 0 Å². The molecule has 17 heavy (non-hydrogen) atoms. The van der Waals surface area contributed by atoms with E-state index in [1.807, 2.05) is 24.3 Å². The van der Waals surface area contributed by atoms with E-state index in [1.165, 1.54) is 19.3 Å². The lowest BCUT2D eigenvalue weighted by atomic mass is 10.0. The van der Waals surface area contributed by atoms with Crippen LogP contribution in [-0.4, -0.2) is 19.8 Å². The van der Waals surface area contributed by atoms with Gasteiger partial charge in [0.2, 0.25) is 0 Å². The van der Waals surface area contributed by atoms with Gasteiger partial charge in [0.25, 0.3) is 0 Å². The third-order valence-electron chi connectivity index (χ3n) is 3.53. The van der Waals surface area contributed by atoms with Crippen LogP contribution < -0.4 is 15.2 Å². The molecule has 3 nitrogen and oxygen atoms in total. The Balaban J connectivity index is 1.73. The lowest BCUT2D eigenvalue weighted by Gasteiger charge is -2.15. The molecule has 1 aromatic carbocycles. The number of benzene rings is 1. The Kier molecular flexibility index (Phi) is 4.26. The van der Waals surface area contributed by atoms with Gasteiger partial charge in [0.05, 0.1) is 13.7 Å². The maximum Gasteiger partial charge on any atom is 0.119 e. The molecule has 0 radical (unpaired) electrons. The molecule has 0 aliphatic heterocycles. The Morgan fingerprint density at radius 2 is 1.88 bits per heavy atom. The minimum absolute atomic E-state index is 0.384. The van der Waals surface area contributed by atoms with E-state index in [0.717, 1.165) is 24.5 Å². The number of hydrogen-bond donors (Lipinski definition) is 1. The van der Waals surface area contributed by atoms with Crippen molar-refractivity contribution in [2.75, 3.05) is 13.7 Å². The van der Waals surface area contributed by atoms with Crippen molar-refractivity contribution < 1.29 is 9.47 Å². The summed E-state index contributed by atoms with van der Waals surface area (Å²) in [5.74, 6) is 2.40. The second kappa shape index (κ2) is 5.92. The van der Waals surface area contributed by atoms with Gasteiger partial charge in [-0.2, -0.15) is 0 Å². The van der Waals surface area contributed by atoms with Crippen molar-refractivity contribution in [3.05, 3.63) is 24.3 Å². The number of nitrogens with two attached hydrogens (primary N) is 1. The summed E-state index contributed by atoms with van der Waals surface area (Å²) in [5, 5.41) is 0. The van der Waals surface area contributed by atoms with Crippen LogP contribution in [0.1, 0.15) is 25.7 Å². The molecule has 1 saturated carbocycles. The first-order chi connectivity index (χ1) is 8.29. The SMILES string of the molecule is COc1ccc(OCCC2CCCC2N)cc1. The topological polar surface area (TPSA) is 44.5 Å². The van der Waals surface area contributed by atoms with Gasteiger partial charge < -0.3 is 15.2 Å². The first kappa shape index (κ1) is 12.2. The van der Waals surface area contributed by atoms with Gasteiger partial charge in [-0.3, -0.25) is 0 Å². The molecule has 1 aromatic rings. The monoisotopic (exact) mass is 235 g/mol. The maximum atomic E-state index is 6.02. The normalized spacial score (nSPS) is 23.6. The number of rotatable bonds is 5. The quantitative estimate of drug-likeness (QED) is 0.853. The summed E-state index contributed by atoms with van der Waals surface area (Å²) in [6.07, 6.45) is 4.77. The average molecular weight is 235 g/mol. The molecule has 3 heteroatoms. The summed E-state index contributed by atoms with van der Waals surface area (Å²) in [4.78, 5) is 0. The molecular weight excluding hydrogens is 214 g/mol. The van der Waals surface area contributed by atoms with Crippen LogP contribution in [0.3, 0.4) is 0 Å². The van der Waals surface area contributed by atoms with Crippen LogP contribution in [0.4, 0.5) is 0 Å². The molecule has 0 heterocycles. The van der Waals surface area contributed by atoms with Crippen molar-refractivity contribution >= 4 is 0 Å². The third-order valence-corrected chi connectivity index (χ3v) is 3.53. The Labute approximate surface area is 103 Å².